The lowest BCUT2D eigenvalue weighted by Gasteiger charge is -2.23. The fourth-order valence-electron chi connectivity index (χ4n) is 2.74. The fraction of sp³-hybridized carbons (Fsp3) is 0.190. The van der Waals surface area contributed by atoms with Gasteiger partial charge in [0.25, 0.3) is 0 Å². The number of benzene rings is 2. The molecule has 0 aliphatic carbocycles. The van der Waals surface area contributed by atoms with Crippen LogP contribution in [0.15, 0.2) is 78.5 Å². The molecule has 6 heteroatoms. The van der Waals surface area contributed by atoms with E-state index in [1.165, 1.54) is 11.8 Å². The molecule has 1 heterocycles. The van der Waals surface area contributed by atoms with Gasteiger partial charge in [-0.15, -0.1) is 16.8 Å². The van der Waals surface area contributed by atoms with Crippen molar-refractivity contribution in [1.82, 2.24) is 14.8 Å². The molecule has 0 aliphatic heterocycles. The number of allylic oxidation sites excluding steroid dienone is 1. The monoisotopic (exact) mass is 378 g/mol. The van der Waals surface area contributed by atoms with Gasteiger partial charge in [-0.3, -0.25) is 9.69 Å². The van der Waals surface area contributed by atoms with Crippen LogP contribution in [0.3, 0.4) is 0 Å². The maximum atomic E-state index is 13.0. The molecule has 0 saturated heterocycles. The zero-order chi connectivity index (χ0) is 19.1. The summed E-state index contributed by atoms with van der Waals surface area (Å²) >= 11 is 1.54. The van der Waals surface area contributed by atoms with Gasteiger partial charge in [-0.2, -0.15) is 0 Å². The number of amides is 1. The first kappa shape index (κ1) is 18.9. The van der Waals surface area contributed by atoms with Crippen molar-refractivity contribution in [2.75, 3.05) is 10.7 Å². The van der Waals surface area contributed by atoms with Crippen molar-refractivity contribution in [2.24, 2.45) is 0 Å². The first-order valence-electron chi connectivity index (χ1n) is 8.77. The summed E-state index contributed by atoms with van der Waals surface area (Å²) < 4.78 is 1.99. The number of carbonyl (C=O) groups is 1. The van der Waals surface area contributed by atoms with Gasteiger partial charge >= 0.3 is 0 Å². The number of hydrogen-bond acceptors (Lipinski definition) is 4. The van der Waals surface area contributed by atoms with Gasteiger partial charge in [0, 0.05) is 30.1 Å². The number of hydrogen-bond donors (Lipinski definition) is 0. The molecule has 0 spiro atoms. The molecule has 0 N–H and O–H groups in total. The number of rotatable bonds is 8. The standard InChI is InChI=1S/C21H22N4OS/c1-3-15-24-17(2)22-23-21(24)27-16-14-20(26)25(18-10-6-4-7-11-18)19-12-8-5-9-13-19/h3-13H,1,14-16H2,2H3. The Morgan fingerprint density at radius 2 is 1.67 bits per heavy atom. The van der Waals surface area contributed by atoms with Crippen molar-refractivity contribution in [2.45, 2.75) is 25.0 Å². The van der Waals surface area contributed by atoms with Gasteiger partial charge in [-0.1, -0.05) is 54.2 Å². The van der Waals surface area contributed by atoms with Gasteiger partial charge < -0.3 is 4.57 Å². The molecule has 27 heavy (non-hydrogen) atoms. The largest absolute Gasteiger partial charge is 0.302 e. The third-order valence-corrected chi connectivity index (χ3v) is 5.01. The van der Waals surface area contributed by atoms with Gasteiger partial charge in [0.15, 0.2) is 5.16 Å². The molecule has 3 aromatic rings. The smallest absolute Gasteiger partial charge is 0.232 e. The highest BCUT2D eigenvalue weighted by Crippen LogP contribution is 2.27. The summed E-state index contributed by atoms with van der Waals surface area (Å²) in [5.74, 6) is 1.52. The van der Waals surface area contributed by atoms with Crippen LogP contribution >= 0.6 is 11.8 Å². The number of thioether (sulfide) groups is 1. The molecule has 0 fully saturated rings. The summed E-state index contributed by atoms with van der Waals surface area (Å²) in [7, 11) is 0. The van der Waals surface area contributed by atoms with Crippen LogP contribution in [0.2, 0.25) is 0 Å². The molecule has 5 nitrogen and oxygen atoms in total. The van der Waals surface area contributed by atoms with Gasteiger partial charge in [0.2, 0.25) is 5.91 Å². The van der Waals surface area contributed by atoms with Crippen LogP contribution in [-0.2, 0) is 11.3 Å². The number of para-hydroxylation sites is 2. The molecule has 2 aromatic carbocycles. The maximum Gasteiger partial charge on any atom is 0.232 e. The average molecular weight is 379 g/mol. The van der Waals surface area contributed by atoms with Crippen LogP contribution in [0.5, 0.6) is 0 Å². The zero-order valence-electron chi connectivity index (χ0n) is 15.3. The van der Waals surface area contributed by atoms with Crippen LogP contribution in [0.4, 0.5) is 11.4 Å². The fourth-order valence-corrected chi connectivity index (χ4v) is 3.66. The highest BCUT2D eigenvalue weighted by Gasteiger charge is 2.18. The minimum absolute atomic E-state index is 0.0476. The molecular weight excluding hydrogens is 356 g/mol. The molecule has 1 amide bonds. The second-order valence-corrected chi connectivity index (χ2v) is 6.99. The Hall–Kier alpha value is -2.86. The van der Waals surface area contributed by atoms with Crippen LogP contribution < -0.4 is 4.90 Å². The molecule has 1 aromatic heterocycles. The predicted octanol–water partition coefficient (Wildman–Crippen LogP) is 4.62. The Bertz CT molecular complexity index is 854. The Morgan fingerprint density at radius 3 is 2.22 bits per heavy atom. The Kier molecular flexibility index (Phi) is 6.44. The Morgan fingerprint density at radius 1 is 1.07 bits per heavy atom. The van der Waals surface area contributed by atoms with E-state index in [0.29, 0.717) is 18.7 Å². The summed E-state index contributed by atoms with van der Waals surface area (Å²) in [6.45, 7) is 6.35. The summed E-state index contributed by atoms with van der Waals surface area (Å²) in [6, 6.07) is 19.4. The molecule has 0 unspecified atom stereocenters. The topological polar surface area (TPSA) is 51.0 Å². The second kappa shape index (κ2) is 9.19. The van der Waals surface area contributed by atoms with Crippen molar-refractivity contribution in [3.63, 3.8) is 0 Å². The molecule has 0 saturated carbocycles. The lowest BCUT2D eigenvalue weighted by atomic mass is 10.2. The van der Waals surface area contributed by atoms with E-state index in [0.717, 1.165) is 22.4 Å². The third kappa shape index (κ3) is 4.65. The van der Waals surface area contributed by atoms with E-state index in [1.807, 2.05) is 78.2 Å². The second-order valence-electron chi connectivity index (χ2n) is 5.93. The van der Waals surface area contributed by atoms with Crippen molar-refractivity contribution in [3.05, 3.63) is 79.1 Å². The molecule has 0 radical (unpaired) electrons. The van der Waals surface area contributed by atoms with Gasteiger partial charge in [-0.25, -0.2) is 0 Å². The van der Waals surface area contributed by atoms with Crippen molar-refractivity contribution in [3.8, 4) is 0 Å². The van der Waals surface area contributed by atoms with E-state index in [1.54, 1.807) is 4.90 Å². The van der Waals surface area contributed by atoms with E-state index < -0.39 is 0 Å². The molecule has 0 bridgehead atoms. The van der Waals surface area contributed by atoms with Crippen LogP contribution in [0.25, 0.3) is 0 Å². The van der Waals surface area contributed by atoms with E-state index in [4.69, 9.17) is 0 Å². The highest BCUT2D eigenvalue weighted by atomic mass is 32.2. The van der Waals surface area contributed by atoms with Gasteiger partial charge in [-0.05, 0) is 31.2 Å². The van der Waals surface area contributed by atoms with Crippen molar-refractivity contribution < 1.29 is 4.79 Å². The first-order chi connectivity index (χ1) is 13.2. The summed E-state index contributed by atoms with van der Waals surface area (Å²) in [5.41, 5.74) is 1.73. The van der Waals surface area contributed by atoms with E-state index in [9.17, 15) is 4.79 Å². The quantitative estimate of drug-likeness (QED) is 0.424. The Balaban J connectivity index is 1.71. The lowest BCUT2D eigenvalue weighted by molar-refractivity contribution is -0.117. The number of aryl methyl sites for hydroxylation is 1. The van der Waals surface area contributed by atoms with E-state index in [-0.39, 0.29) is 5.91 Å². The highest BCUT2D eigenvalue weighted by molar-refractivity contribution is 7.99. The molecule has 0 atom stereocenters. The summed E-state index contributed by atoms with van der Waals surface area (Å²) in [6.07, 6.45) is 2.21. The van der Waals surface area contributed by atoms with Gasteiger partial charge in [0.05, 0.1) is 0 Å². The average Bonchev–Trinajstić information content (AvgIpc) is 3.04. The van der Waals surface area contributed by atoms with Crippen LogP contribution in [0, 0.1) is 6.92 Å². The summed E-state index contributed by atoms with van der Waals surface area (Å²) in [5, 5.41) is 9.12. The number of aromatic nitrogens is 3. The van der Waals surface area contributed by atoms with Crippen LogP contribution in [-0.4, -0.2) is 26.4 Å². The summed E-state index contributed by atoms with van der Waals surface area (Å²) in [4.78, 5) is 14.8. The van der Waals surface area contributed by atoms with Crippen LogP contribution in [0.1, 0.15) is 12.2 Å². The number of carbonyl (C=O) groups excluding carboxylic acids is 1. The zero-order valence-corrected chi connectivity index (χ0v) is 16.1. The number of anilines is 2. The van der Waals surface area contributed by atoms with Crippen molar-refractivity contribution >= 4 is 29.0 Å². The number of nitrogens with zero attached hydrogens (tertiary/aromatic N) is 4. The molecule has 138 valence electrons. The molecule has 0 aliphatic rings. The maximum absolute atomic E-state index is 13.0. The normalized spacial score (nSPS) is 10.6. The lowest BCUT2D eigenvalue weighted by Crippen LogP contribution is -2.26. The van der Waals surface area contributed by atoms with Crippen molar-refractivity contribution in [1.29, 1.82) is 0 Å². The van der Waals surface area contributed by atoms with Gasteiger partial charge in [0.1, 0.15) is 5.82 Å². The van der Waals surface area contributed by atoms with E-state index in [2.05, 4.69) is 16.8 Å². The minimum Gasteiger partial charge on any atom is -0.302 e. The SMILES string of the molecule is C=CCn1c(C)nnc1SCCC(=O)N(c1ccccc1)c1ccccc1. The van der Waals surface area contributed by atoms with E-state index >= 15 is 0 Å². The minimum atomic E-state index is 0.0476. The predicted molar refractivity (Wildman–Crippen MR) is 110 cm³/mol. The Labute approximate surface area is 163 Å². The molecule has 3 rings (SSSR count). The molecular formula is C21H22N4OS. The third-order valence-electron chi connectivity index (χ3n) is 4.04. The first-order valence-corrected chi connectivity index (χ1v) is 9.76.